The molecule has 0 spiro atoms. The van der Waals surface area contributed by atoms with Crippen molar-refractivity contribution in [2.45, 2.75) is 32.0 Å². The molecule has 0 fully saturated rings. The number of hydrogen-bond acceptors (Lipinski definition) is 6. The Kier molecular flexibility index (Phi) is 7.28. The normalized spacial score (nSPS) is 10.9. The van der Waals surface area contributed by atoms with Gasteiger partial charge in [0.25, 0.3) is 5.91 Å². The van der Waals surface area contributed by atoms with Gasteiger partial charge in [0.05, 0.1) is 5.60 Å². The zero-order valence-electron chi connectivity index (χ0n) is 15.8. The molecule has 0 aliphatic heterocycles. The van der Waals surface area contributed by atoms with Crippen LogP contribution >= 0.6 is 0 Å². The van der Waals surface area contributed by atoms with Crippen LogP contribution in [0.25, 0.3) is 0 Å². The molecule has 0 aliphatic rings. The first-order valence-electron chi connectivity index (χ1n) is 8.78. The van der Waals surface area contributed by atoms with E-state index in [-0.39, 0.29) is 24.6 Å². The summed E-state index contributed by atoms with van der Waals surface area (Å²) in [4.78, 5) is 23.6. The van der Waals surface area contributed by atoms with Crippen LogP contribution in [0.1, 0.15) is 46.4 Å². The van der Waals surface area contributed by atoms with E-state index in [0.717, 1.165) is 0 Å². The molecule has 0 unspecified atom stereocenters. The van der Waals surface area contributed by atoms with E-state index in [1.54, 1.807) is 36.4 Å². The van der Waals surface area contributed by atoms with E-state index >= 15 is 0 Å². The maximum Gasteiger partial charge on any atom is 0.273 e. The maximum absolute atomic E-state index is 12.2. The summed E-state index contributed by atoms with van der Waals surface area (Å²) in [5.74, 6) is 0.330. The summed E-state index contributed by atoms with van der Waals surface area (Å²) >= 11 is 0. The molecule has 2 N–H and O–H groups in total. The van der Waals surface area contributed by atoms with Crippen LogP contribution < -0.4 is 10.1 Å². The number of benzene rings is 1. The van der Waals surface area contributed by atoms with Crippen LogP contribution in [-0.4, -0.2) is 34.1 Å². The van der Waals surface area contributed by atoms with Crippen molar-refractivity contribution in [1.82, 2.24) is 10.5 Å². The number of amides is 1. The molecule has 0 radical (unpaired) electrons. The number of nitrogens with one attached hydrogen (secondary N) is 1. The predicted molar refractivity (Wildman–Crippen MR) is 104 cm³/mol. The van der Waals surface area contributed by atoms with E-state index in [1.807, 2.05) is 0 Å². The number of hydrogen-bond donors (Lipinski definition) is 2. The number of nitrogens with zero attached hydrogens (tertiary/aromatic N) is 1. The zero-order chi connectivity index (χ0) is 20.6. The average Bonchev–Trinajstić information content (AvgIpc) is 3.14. The fraction of sp³-hybridized carbons (Fsp3) is 0.286. The molecule has 2 aromatic rings. The third kappa shape index (κ3) is 5.92. The van der Waals surface area contributed by atoms with Gasteiger partial charge in [-0.3, -0.25) is 9.59 Å². The molecule has 0 saturated heterocycles. The van der Waals surface area contributed by atoms with Gasteiger partial charge in [-0.25, -0.2) is 0 Å². The summed E-state index contributed by atoms with van der Waals surface area (Å²) in [7, 11) is 0. The summed E-state index contributed by atoms with van der Waals surface area (Å²) in [6, 6.07) is 8.23. The Hall–Kier alpha value is -3.19. The molecule has 0 bridgehead atoms. The van der Waals surface area contributed by atoms with E-state index in [2.05, 4.69) is 23.6 Å². The second-order valence-electron chi connectivity index (χ2n) is 6.44. The zero-order valence-corrected chi connectivity index (χ0v) is 15.8. The standard InChI is InChI=1S/C21H24N2O5/c1-4-9-21(26,10-5-2)14-22-20(25)19-12-18(28-23-19)13-27-17-8-6-7-16(11-17)15(3)24/h4-8,11-12,26H,1-2,9-10,13-14H2,3H3,(H,22,25). The number of aromatic nitrogens is 1. The van der Waals surface area contributed by atoms with E-state index < -0.39 is 11.5 Å². The van der Waals surface area contributed by atoms with Crippen molar-refractivity contribution in [3.05, 3.63) is 72.7 Å². The number of carbonyl (C=O) groups excluding carboxylic acids is 2. The largest absolute Gasteiger partial charge is 0.486 e. The third-order valence-corrected chi connectivity index (χ3v) is 4.04. The van der Waals surface area contributed by atoms with Gasteiger partial charge in [-0.15, -0.1) is 13.2 Å². The molecule has 1 aromatic carbocycles. The van der Waals surface area contributed by atoms with Crippen LogP contribution in [0.3, 0.4) is 0 Å². The van der Waals surface area contributed by atoms with Crippen molar-refractivity contribution in [3.63, 3.8) is 0 Å². The van der Waals surface area contributed by atoms with Crippen LogP contribution in [0.2, 0.25) is 0 Å². The monoisotopic (exact) mass is 384 g/mol. The number of ether oxygens (including phenoxy) is 1. The molecule has 0 aliphatic carbocycles. The predicted octanol–water partition coefficient (Wildman–Crippen LogP) is 3.07. The smallest absolute Gasteiger partial charge is 0.273 e. The van der Waals surface area contributed by atoms with Gasteiger partial charge in [-0.2, -0.15) is 0 Å². The SMILES string of the molecule is C=CCC(O)(CC=C)CNC(=O)c1cc(COc2cccc(C(C)=O)c2)on1. The second kappa shape index (κ2) is 9.66. The number of ketones is 1. The minimum atomic E-state index is -1.14. The summed E-state index contributed by atoms with van der Waals surface area (Å²) in [5, 5.41) is 16.8. The van der Waals surface area contributed by atoms with Gasteiger partial charge in [0.1, 0.15) is 12.4 Å². The lowest BCUT2D eigenvalue weighted by molar-refractivity contribution is 0.0435. The summed E-state index contributed by atoms with van der Waals surface area (Å²) < 4.78 is 10.7. The summed E-state index contributed by atoms with van der Waals surface area (Å²) in [6.45, 7) is 8.78. The quantitative estimate of drug-likeness (QED) is 0.456. The first kappa shape index (κ1) is 21.1. The highest BCUT2D eigenvalue weighted by atomic mass is 16.5. The molecule has 28 heavy (non-hydrogen) atoms. The van der Waals surface area contributed by atoms with Crippen LogP contribution in [0.15, 0.2) is 60.2 Å². The Balaban J connectivity index is 1.93. The number of rotatable bonds is 11. The third-order valence-electron chi connectivity index (χ3n) is 4.04. The average molecular weight is 384 g/mol. The molecule has 1 amide bonds. The molecule has 7 nitrogen and oxygen atoms in total. The highest BCUT2D eigenvalue weighted by Gasteiger charge is 2.25. The van der Waals surface area contributed by atoms with Crippen LogP contribution in [0.5, 0.6) is 5.75 Å². The molecule has 1 heterocycles. The lowest BCUT2D eigenvalue weighted by atomic mass is 9.95. The van der Waals surface area contributed by atoms with Gasteiger partial charge < -0.3 is 19.7 Å². The summed E-state index contributed by atoms with van der Waals surface area (Å²) in [6.07, 6.45) is 3.80. The van der Waals surface area contributed by atoms with E-state index in [9.17, 15) is 14.7 Å². The van der Waals surface area contributed by atoms with Crippen molar-refractivity contribution in [3.8, 4) is 5.75 Å². The van der Waals surface area contributed by atoms with Crippen LogP contribution in [0, 0.1) is 0 Å². The highest BCUT2D eigenvalue weighted by molar-refractivity contribution is 5.94. The molecule has 7 heteroatoms. The van der Waals surface area contributed by atoms with Gasteiger partial charge in [-0.05, 0) is 31.9 Å². The first-order valence-corrected chi connectivity index (χ1v) is 8.78. The fourth-order valence-corrected chi connectivity index (χ4v) is 2.55. The van der Waals surface area contributed by atoms with E-state index in [4.69, 9.17) is 9.26 Å². The van der Waals surface area contributed by atoms with Crippen molar-refractivity contribution in [1.29, 1.82) is 0 Å². The molecule has 1 aromatic heterocycles. The Labute approximate surface area is 163 Å². The first-order chi connectivity index (χ1) is 13.4. The van der Waals surface area contributed by atoms with Crippen molar-refractivity contribution >= 4 is 11.7 Å². The number of carbonyl (C=O) groups is 2. The van der Waals surface area contributed by atoms with Crippen molar-refractivity contribution < 1.29 is 24.0 Å². The Morgan fingerprint density at radius 3 is 2.64 bits per heavy atom. The Morgan fingerprint density at radius 2 is 2.00 bits per heavy atom. The number of Topliss-reactive ketones (excluding diaryl/α,β-unsaturated/α-hetero) is 1. The van der Waals surface area contributed by atoms with Gasteiger partial charge in [0.15, 0.2) is 17.2 Å². The lowest BCUT2D eigenvalue weighted by Crippen LogP contribution is -2.42. The van der Waals surface area contributed by atoms with E-state index in [0.29, 0.717) is 29.9 Å². The summed E-state index contributed by atoms with van der Waals surface area (Å²) in [5.41, 5.74) is -0.520. The maximum atomic E-state index is 12.2. The molecule has 0 saturated carbocycles. The Bertz CT molecular complexity index is 846. The molecular weight excluding hydrogens is 360 g/mol. The van der Waals surface area contributed by atoms with Gasteiger partial charge >= 0.3 is 0 Å². The van der Waals surface area contributed by atoms with E-state index in [1.165, 1.54) is 13.0 Å². The minimum Gasteiger partial charge on any atom is -0.486 e. The van der Waals surface area contributed by atoms with Crippen LogP contribution in [-0.2, 0) is 6.61 Å². The van der Waals surface area contributed by atoms with Gasteiger partial charge in [0.2, 0.25) is 0 Å². The number of aliphatic hydroxyl groups is 1. The van der Waals surface area contributed by atoms with Crippen molar-refractivity contribution in [2.75, 3.05) is 6.54 Å². The van der Waals surface area contributed by atoms with Crippen LogP contribution in [0.4, 0.5) is 0 Å². The second-order valence-corrected chi connectivity index (χ2v) is 6.44. The minimum absolute atomic E-state index is 0.0282. The van der Waals surface area contributed by atoms with Gasteiger partial charge in [-0.1, -0.05) is 29.4 Å². The highest BCUT2D eigenvalue weighted by Crippen LogP contribution is 2.17. The molecule has 0 atom stereocenters. The molecular formula is C21H24N2O5. The van der Waals surface area contributed by atoms with Crippen molar-refractivity contribution in [2.24, 2.45) is 0 Å². The molecule has 148 valence electrons. The Morgan fingerprint density at radius 1 is 1.29 bits per heavy atom. The lowest BCUT2D eigenvalue weighted by Gasteiger charge is -2.25. The molecule has 2 rings (SSSR count). The topological polar surface area (TPSA) is 102 Å². The van der Waals surface area contributed by atoms with Gasteiger partial charge in [0, 0.05) is 18.2 Å². The fourth-order valence-electron chi connectivity index (χ4n) is 2.55.